The molecule has 15 heteroatoms. The molecule has 2 heterocycles. The number of nitrogens with two attached hydrogens (primary N) is 1. The number of carbonyl (C=O) groups excluding carboxylic acids is 1. The zero-order valence-electron chi connectivity index (χ0n) is 18.3. The fraction of sp³-hybridized carbons (Fsp3) is 0.250. The summed E-state index contributed by atoms with van der Waals surface area (Å²) in [6.45, 7) is 0. The lowest BCUT2D eigenvalue weighted by atomic mass is 10.0. The summed E-state index contributed by atoms with van der Waals surface area (Å²) in [5, 5.41) is 34.0. The highest BCUT2D eigenvalue weighted by atomic mass is 35.5. The van der Waals surface area contributed by atoms with Gasteiger partial charge in [-0.15, -0.1) is 0 Å². The van der Waals surface area contributed by atoms with Crippen molar-refractivity contribution in [2.45, 2.75) is 25.3 Å². The maximum atomic E-state index is 12.7. The van der Waals surface area contributed by atoms with Crippen LogP contribution in [0.25, 0.3) is 0 Å². The van der Waals surface area contributed by atoms with Crippen LogP contribution in [0.2, 0.25) is 0 Å². The van der Waals surface area contributed by atoms with E-state index in [0.29, 0.717) is 17.8 Å². The molecule has 1 aromatic heterocycles. The molecular weight excluding hydrogens is 503 g/mol. The first-order valence-electron chi connectivity index (χ1n) is 10.1. The third kappa shape index (κ3) is 5.58. The number of carbonyl (C=O) groups is 3. The van der Waals surface area contributed by atoms with Gasteiger partial charge in [-0.2, -0.15) is 4.98 Å². The number of halogens is 2. The van der Waals surface area contributed by atoms with Crippen molar-refractivity contribution in [3.05, 3.63) is 46.8 Å². The standard InChI is InChI=1S/C20H22Cl2N8O5/c1-25-13-7-9(2-3-11(13)18(33)27-12(19(34)35)4-5-14(31)32)6-10-8-26-17-15(29(10)21)16(23)30(22)20(24)28-17/h2-3,7-8,12,25H,4-6,23H2,1H3,(H,27,33)(H,31,32)(H,34,35)(H2,24,26,28)/t12-/m0/s1. The molecule has 0 spiro atoms. The molecule has 0 fully saturated rings. The Morgan fingerprint density at radius 2 is 2.00 bits per heavy atom. The number of nitrogens with zero attached hydrogens (tertiary/aromatic N) is 3. The number of hydrogen-bond donors (Lipinski definition) is 7. The van der Waals surface area contributed by atoms with E-state index in [2.05, 4.69) is 20.9 Å². The first-order valence-corrected chi connectivity index (χ1v) is 10.8. The molecule has 8 N–H and O–H groups in total. The second-order valence-corrected chi connectivity index (χ2v) is 8.14. The third-order valence-corrected chi connectivity index (χ3v) is 5.87. The van der Waals surface area contributed by atoms with Crippen LogP contribution >= 0.6 is 23.6 Å². The molecule has 0 saturated heterocycles. The second kappa shape index (κ2) is 10.5. The predicted octanol–water partition coefficient (Wildman–Crippen LogP) is 1.51. The molecule has 1 aliphatic rings. The van der Waals surface area contributed by atoms with Crippen LogP contribution in [-0.4, -0.2) is 50.2 Å². The number of fused-ring (bicyclic) bond motifs is 1. The van der Waals surface area contributed by atoms with Crippen LogP contribution in [-0.2, 0) is 16.0 Å². The Kier molecular flexibility index (Phi) is 7.71. The zero-order valence-corrected chi connectivity index (χ0v) is 19.8. The largest absolute Gasteiger partial charge is 0.481 e. The van der Waals surface area contributed by atoms with E-state index >= 15 is 0 Å². The van der Waals surface area contributed by atoms with Gasteiger partial charge in [-0.3, -0.25) is 15.0 Å². The smallest absolute Gasteiger partial charge is 0.326 e. The van der Waals surface area contributed by atoms with E-state index in [9.17, 15) is 19.5 Å². The number of anilines is 4. The molecule has 13 nitrogen and oxygen atoms in total. The summed E-state index contributed by atoms with van der Waals surface area (Å²) in [5.74, 6) is -2.87. The van der Waals surface area contributed by atoms with Crippen LogP contribution in [0.1, 0.15) is 28.8 Å². The highest BCUT2D eigenvalue weighted by Crippen LogP contribution is 2.38. The van der Waals surface area contributed by atoms with Gasteiger partial charge in [0.2, 0.25) is 5.62 Å². The minimum absolute atomic E-state index is 0.0218. The van der Waals surface area contributed by atoms with Gasteiger partial charge in [0.05, 0.1) is 11.3 Å². The molecule has 35 heavy (non-hydrogen) atoms. The maximum absolute atomic E-state index is 12.7. The van der Waals surface area contributed by atoms with Gasteiger partial charge < -0.3 is 31.9 Å². The molecule has 2 aromatic rings. The summed E-state index contributed by atoms with van der Waals surface area (Å²) >= 11 is 12.4. The Balaban J connectivity index is 1.80. The molecule has 3 rings (SSSR count). The summed E-state index contributed by atoms with van der Waals surface area (Å²) in [7, 11) is 1.60. The maximum Gasteiger partial charge on any atom is 0.326 e. The molecule has 0 radical (unpaired) electrons. The average Bonchev–Trinajstić information content (AvgIpc) is 2.81. The third-order valence-electron chi connectivity index (χ3n) is 5.14. The van der Waals surface area contributed by atoms with Crippen LogP contribution < -0.4 is 31.7 Å². The Labute approximate surface area is 208 Å². The number of aliphatic carboxylic acids is 2. The van der Waals surface area contributed by atoms with Gasteiger partial charge in [-0.1, -0.05) is 6.07 Å². The molecule has 186 valence electrons. The molecule has 1 aliphatic heterocycles. The molecule has 1 aromatic carbocycles. The van der Waals surface area contributed by atoms with E-state index in [1.165, 1.54) is 10.5 Å². The van der Waals surface area contributed by atoms with E-state index < -0.39 is 30.3 Å². The van der Waals surface area contributed by atoms with Crippen molar-refractivity contribution in [3.63, 3.8) is 0 Å². The summed E-state index contributed by atoms with van der Waals surface area (Å²) in [6.07, 6.45) is 1.25. The lowest BCUT2D eigenvalue weighted by Gasteiger charge is -2.27. The number of carboxylic acid groups (broad SMARTS) is 2. The Hall–Kier alpha value is -3.97. The first-order chi connectivity index (χ1) is 16.5. The molecule has 1 atom stereocenters. The number of benzene rings is 1. The predicted molar refractivity (Wildman–Crippen MR) is 129 cm³/mol. The minimum atomic E-state index is -1.35. The SMILES string of the molecule is CNc1cc(CC2=CNc3nc(=N)n(Cl)c(N)c3N2Cl)ccc1C(=O)N[C@@H](CCC(=O)O)C(=O)O. The average molecular weight is 525 g/mol. The van der Waals surface area contributed by atoms with Gasteiger partial charge in [0.1, 0.15) is 11.7 Å². The van der Waals surface area contributed by atoms with Crippen molar-refractivity contribution in [1.29, 1.82) is 5.41 Å². The van der Waals surface area contributed by atoms with Gasteiger partial charge >= 0.3 is 11.9 Å². The summed E-state index contributed by atoms with van der Waals surface area (Å²) in [6, 6.07) is 3.53. The number of aromatic nitrogens is 2. The van der Waals surface area contributed by atoms with Gasteiger partial charge in [0.15, 0.2) is 11.6 Å². The number of rotatable bonds is 9. The number of nitrogens with one attached hydrogen (secondary N) is 4. The lowest BCUT2D eigenvalue weighted by molar-refractivity contribution is -0.140. The van der Waals surface area contributed by atoms with Crippen molar-refractivity contribution in [1.82, 2.24) is 14.4 Å². The number of carboxylic acids is 2. The number of nitrogen functional groups attached to an aromatic ring is 1. The van der Waals surface area contributed by atoms with E-state index in [-0.39, 0.29) is 34.9 Å². The van der Waals surface area contributed by atoms with Crippen molar-refractivity contribution in [3.8, 4) is 0 Å². The fourth-order valence-corrected chi connectivity index (χ4v) is 3.77. The first kappa shape index (κ1) is 25.6. The molecule has 0 bridgehead atoms. The second-order valence-electron chi connectivity index (χ2n) is 7.46. The summed E-state index contributed by atoms with van der Waals surface area (Å²) < 4.78 is 2.14. The highest BCUT2D eigenvalue weighted by Gasteiger charge is 2.26. The van der Waals surface area contributed by atoms with Crippen LogP contribution in [0.5, 0.6) is 0 Å². The highest BCUT2D eigenvalue weighted by molar-refractivity contribution is 6.30. The van der Waals surface area contributed by atoms with Crippen LogP contribution in [0.15, 0.2) is 30.1 Å². The van der Waals surface area contributed by atoms with Gasteiger partial charge in [0, 0.05) is 55.3 Å². The van der Waals surface area contributed by atoms with Crippen molar-refractivity contribution in [2.75, 3.05) is 27.8 Å². The van der Waals surface area contributed by atoms with E-state index in [1.807, 2.05) is 0 Å². The summed E-state index contributed by atoms with van der Waals surface area (Å²) in [5.41, 5.74) is 7.93. The Morgan fingerprint density at radius 1 is 1.29 bits per heavy atom. The number of amides is 1. The van der Waals surface area contributed by atoms with Crippen molar-refractivity contribution >= 4 is 64.4 Å². The Bertz CT molecular complexity index is 1280. The van der Waals surface area contributed by atoms with Crippen molar-refractivity contribution < 1.29 is 24.6 Å². The fourth-order valence-electron chi connectivity index (χ4n) is 3.37. The molecular formula is C20H22Cl2N8O5. The van der Waals surface area contributed by atoms with Gasteiger partial charge in [0.25, 0.3) is 5.91 Å². The monoisotopic (exact) mass is 524 g/mol. The van der Waals surface area contributed by atoms with E-state index in [0.717, 1.165) is 9.65 Å². The zero-order chi connectivity index (χ0) is 25.9. The molecule has 0 aliphatic carbocycles. The topological polar surface area (TPSA) is 199 Å². The van der Waals surface area contributed by atoms with Crippen LogP contribution in [0, 0.1) is 5.41 Å². The van der Waals surface area contributed by atoms with Crippen molar-refractivity contribution in [2.24, 2.45) is 0 Å². The van der Waals surface area contributed by atoms with Crippen LogP contribution in [0.3, 0.4) is 0 Å². The Morgan fingerprint density at radius 3 is 2.63 bits per heavy atom. The van der Waals surface area contributed by atoms with Gasteiger partial charge in [-0.05, 0) is 24.1 Å². The van der Waals surface area contributed by atoms with Gasteiger partial charge in [-0.25, -0.2) is 13.3 Å². The normalized spacial score (nSPS) is 13.2. The summed E-state index contributed by atoms with van der Waals surface area (Å²) in [4.78, 5) is 38.9. The lowest BCUT2D eigenvalue weighted by Crippen LogP contribution is -2.41. The minimum Gasteiger partial charge on any atom is -0.481 e. The number of hydrogen-bond acceptors (Lipinski definition) is 9. The molecule has 1 amide bonds. The van der Waals surface area contributed by atoms with E-state index in [1.54, 1.807) is 25.4 Å². The number of allylic oxidation sites excluding steroid dienone is 1. The molecule has 0 unspecified atom stereocenters. The molecule has 0 saturated carbocycles. The quantitative estimate of drug-likeness (QED) is 0.236. The van der Waals surface area contributed by atoms with Crippen LogP contribution in [0.4, 0.5) is 23.0 Å². The van der Waals surface area contributed by atoms with E-state index in [4.69, 9.17) is 39.8 Å².